The summed E-state index contributed by atoms with van der Waals surface area (Å²) in [6, 6.07) is 12.7. The first-order chi connectivity index (χ1) is 15.2. The Hall–Kier alpha value is -3.55. The fourth-order valence-electron chi connectivity index (χ4n) is 3.41. The number of esters is 1. The van der Waals surface area contributed by atoms with Crippen molar-refractivity contribution in [2.24, 2.45) is 0 Å². The molecule has 8 nitrogen and oxygen atoms in total. The van der Waals surface area contributed by atoms with Gasteiger partial charge in [-0.25, -0.2) is 9.59 Å². The van der Waals surface area contributed by atoms with Crippen molar-refractivity contribution >= 4 is 23.7 Å². The summed E-state index contributed by atoms with van der Waals surface area (Å²) in [5, 5.41) is 2.66. The zero-order valence-electron chi connectivity index (χ0n) is 18.8. The lowest BCUT2D eigenvalue weighted by molar-refractivity contribution is -0.132. The number of fused-ring (bicyclic) bond motifs is 1. The topological polar surface area (TPSA) is 94.2 Å². The van der Waals surface area contributed by atoms with Crippen molar-refractivity contribution < 1.29 is 28.6 Å². The number of carbonyl (C=O) groups is 3. The number of hydrogen-bond donors (Lipinski definition) is 1. The molecule has 0 bridgehead atoms. The van der Waals surface area contributed by atoms with Crippen LogP contribution >= 0.6 is 0 Å². The minimum absolute atomic E-state index is 0.154. The Morgan fingerprint density at radius 2 is 1.84 bits per heavy atom. The number of nitrogens with zero attached hydrogens (tertiary/aromatic N) is 1. The Morgan fingerprint density at radius 3 is 2.53 bits per heavy atom. The van der Waals surface area contributed by atoms with Crippen LogP contribution in [0.1, 0.15) is 42.3 Å². The van der Waals surface area contributed by atoms with Crippen LogP contribution in [0.15, 0.2) is 42.5 Å². The molecule has 0 unspecified atom stereocenters. The summed E-state index contributed by atoms with van der Waals surface area (Å²) < 4.78 is 16.2. The molecule has 1 aliphatic heterocycles. The molecule has 2 amide bonds. The van der Waals surface area contributed by atoms with Crippen LogP contribution in [0.3, 0.4) is 0 Å². The molecule has 0 aromatic heterocycles. The van der Waals surface area contributed by atoms with E-state index in [2.05, 4.69) is 5.32 Å². The van der Waals surface area contributed by atoms with E-state index in [0.717, 1.165) is 5.56 Å². The number of amides is 2. The third-order valence-corrected chi connectivity index (χ3v) is 5.03. The van der Waals surface area contributed by atoms with E-state index in [0.29, 0.717) is 22.6 Å². The SMILES string of the molecule is CCOC(=O)c1cc2c(cc1C)OC(C)(C)C(=O)N2CCNC(=O)OCc1ccccc1. The largest absolute Gasteiger partial charge is 0.476 e. The number of carbonyl (C=O) groups excluding carboxylic acids is 3. The molecule has 0 radical (unpaired) electrons. The molecule has 0 fully saturated rings. The molecule has 3 rings (SSSR count). The Labute approximate surface area is 187 Å². The lowest BCUT2D eigenvalue weighted by Gasteiger charge is -2.39. The van der Waals surface area contributed by atoms with Crippen LogP contribution in [0.2, 0.25) is 0 Å². The average Bonchev–Trinajstić information content (AvgIpc) is 2.75. The molecular weight excluding hydrogens is 412 g/mol. The van der Waals surface area contributed by atoms with E-state index in [-0.39, 0.29) is 32.2 Å². The van der Waals surface area contributed by atoms with E-state index in [1.54, 1.807) is 39.8 Å². The van der Waals surface area contributed by atoms with Gasteiger partial charge in [-0.15, -0.1) is 0 Å². The first kappa shape index (κ1) is 23.1. The number of alkyl carbamates (subject to hydrolysis) is 1. The molecule has 0 saturated heterocycles. The van der Waals surface area contributed by atoms with E-state index in [4.69, 9.17) is 14.2 Å². The minimum atomic E-state index is -1.08. The molecule has 1 heterocycles. The first-order valence-corrected chi connectivity index (χ1v) is 10.5. The fourth-order valence-corrected chi connectivity index (χ4v) is 3.41. The normalized spacial score (nSPS) is 14.2. The van der Waals surface area contributed by atoms with Crippen molar-refractivity contribution in [2.75, 3.05) is 24.6 Å². The molecule has 1 N–H and O–H groups in total. The summed E-state index contributed by atoms with van der Waals surface area (Å²) in [5.41, 5.74) is 1.31. The maximum absolute atomic E-state index is 13.0. The van der Waals surface area contributed by atoms with Crippen molar-refractivity contribution in [3.8, 4) is 5.75 Å². The van der Waals surface area contributed by atoms with Gasteiger partial charge < -0.3 is 24.4 Å². The third-order valence-electron chi connectivity index (χ3n) is 5.03. The Balaban J connectivity index is 1.71. The molecule has 8 heteroatoms. The molecular formula is C24H28N2O6. The van der Waals surface area contributed by atoms with Crippen LogP contribution in [0.5, 0.6) is 5.75 Å². The Morgan fingerprint density at radius 1 is 1.12 bits per heavy atom. The second kappa shape index (κ2) is 9.72. The van der Waals surface area contributed by atoms with Gasteiger partial charge in [0.1, 0.15) is 12.4 Å². The van der Waals surface area contributed by atoms with Gasteiger partial charge in [0.2, 0.25) is 0 Å². The average molecular weight is 440 g/mol. The van der Waals surface area contributed by atoms with Crippen LogP contribution in [0.25, 0.3) is 0 Å². The standard InChI is InChI=1S/C24H28N2O6/c1-5-30-21(27)18-14-19-20(13-16(18)2)32-24(3,4)22(28)26(19)12-11-25-23(29)31-15-17-9-7-6-8-10-17/h6-10,13-14H,5,11-12,15H2,1-4H3,(H,25,29). The molecule has 0 spiro atoms. The number of nitrogens with one attached hydrogen (secondary N) is 1. The molecule has 1 aliphatic rings. The highest BCUT2D eigenvalue weighted by Crippen LogP contribution is 2.39. The van der Waals surface area contributed by atoms with E-state index >= 15 is 0 Å². The van der Waals surface area contributed by atoms with Crippen LogP contribution in [-0.4, -0.2) is 43.3 Å². The van der Waals surface area contributed by atoms with Crippen molar-refractivity contribution in [2.45, 2.75) is 39.9 Å². The number of anilines is 1. The maximum atomic E-state index is 13.0. The molecule has 0 saturated carbocycles. The summed E-state index contributed by atoms with van der Waals surface area (Å²) in [6.07, 6.45) is -0.579. The minimum Gasteiger partial charge on any atom is -0.476 e. The highest BCUT2D eigenvalue weighted by atomic mass is 16.5. The molecule has 32 heavy (non-hydrogen) atoms. The summed E-state index contributed by atoms with van der Waals surface area (Å²) in [4.78, 5) is 38.9. The van der Waals surface area contributed by atoms with Gasteiger partial charge in [0, 0.05) is 13.1 Å². The van der Waals surface area contributed by atoms with Crippen molar-refractivity contribution in [3.63, 3.8) is 0 Å². The monoisotopic (exact) mass is 440 g/mol. The summed E-state index contributed by atoms with van der Waals surface area (Å²) in [5.74, 6) is -0.248. The fraction of sp³-hybridized carbons (Fsp3) is 0.375. The smallest absolute Gasteiger partial charge is 0.407 e. The molecule has 2 aromatic carbocycles. The maximum Gasteiger partial charge on any atom is 0.407 e. The van der Waals surface area contributed by atoms with Gasteiger partial charge in [0.25, 0.3) is 5.91 Å². The van der Waals surface area contributed by atoms with Gasteiger partial charge in [-0.1, -0.05) is 30.3 Å². The summed E-state index contributed by atoms with van der Waals surface area (Å²) in [6.45, 7) is 7.63. The Kier molecular flexibility index (Phi) is 7.02. The first-order valence-electron chi connectivity index (χ1n) is 10.5. The highest BCUT2D eigenvalue weighted by Gasteiger charge is 2.41. The van der Waals surface area contributed by atoms with E-state index in [1.165, 1.54) is 4.90 Å². The van der Waals surface area contributed by atoms with Gasteiger partial charge >= 0.3 is 12.1 Å². The van der Waals surface area contributed by atoms with E-state index in [1.807, 2.05) is 30.3 Å². The number of benzene rings is 2. The van der Waals surface area contributed by atoms with Crippen molar-refractivity contribution in [1.29, 1.82) is 0 Å². The van der Waals surface area contributed by atoms with Gasteiger partial charge in [-0.05, 0) is 51.0 Å². The Bertz CT molecular complexity index is 1000. The number of rotatable bonds is 7. The second-order valence-corrected chi connectivity index (χ2v) is 7.91. The number of ether oxygens (including phenoxy) is 3. The van der Waals surface area contributed by atoms with Gasteiger partial charge in [0.05, 0.1) is 17.9 Å². The zero-order chi connectivity index (χ0) is 23.3. The predicted octanol–water partition coefficient (Wildman–Crippen LogP) is 3.60. The van der Waals surface area contributed by atoms with Crippen LogP contribution in [-0.2, 0) is 20.9 Å². The highest BCUT2D eigenvalue weighted by molar-refractivity contribution is 6.04. The number of aryl methyl sites for hydroxylation is 1. The molecule has 2 aromatic rings. The van der Waals surface area contributed by atoms with E-state index in [9.17, 15) is 14.4 Å². The number of hydrogen-bond acceptors (Lipinski definition) is 6. The summed E-state index contributed by atoms with van der Waals surface area (Å²) >= 11 is 0. The van der Waals surface area contributed by atoms with Crippen LogP contribution in [0, 0.1) is 6.92 Å². The van der Waals surface area contributed by atoms with Crippen molar-refractivity contribution in [3.05, 3.63) is 59.2 Å². The van der Waals surface area contributed by atoms with Crippen LogP contribution in [0.4, 0.5) is 10.5 Å². The van der Waals surface area contributed by atoms with Crippen LogP contribution < -0.4 is 15.0 Å². The van der Waals surface area contributed by atoms with Gasteiger partial charge in [0.15, 0.2) is 5.60 Å². The lowest BCUT2D eigenvalue weighted by atomic mass is 10.0. The molecule has 170 valence electrons. The lowest BCUT2D eigenvalue weighted by Crippen LogP contribution is -2.54. The quantitative estimate of drug-likeness (QED) is 0.661. The summed E-state index contributed by atoms with van der Waals surface area (Å²) in [7, 11) is 0. The van der Waals surface area contributed by atoms with E-state index < -0.39 is 17.7 Å². The van der Waals surface area contributed by atoms with Gasteiger partial charge in [-0.3, -0.25) is 4.79 Å². The molecule has 0 atom stereocenters. The van der Waals surface area contributed by atoms with Gasteiger partial charge in [-0.2, -0.15) is 0 Å². The third kappa shape index (κ3) is 5.19. The second-order valence-electron chi connectivity index (χ2n) is 7.91. The predicted molar refractivity (Wildman–Crippen MR) is 119 cm³/mol. The molecule has 0 aliphatic carbocycles. The van der Waals surface area contributed by atoms with Crippen molar-refractivity contribution in [1.82, 2.24) is 5.32 Å². The zero-order valence-corrected chi connectivity index (χ0v) is 18.8.